The van der Waals surface area contributed by atoms with E-state index in [0.29, 0.717) is 16.9 Å². The molecule has 0 aliphatic carbocycles. The van der Waals surface area contributed by atoms with Crippen molar-refractivity contribution in [3.8, 4) is 0 Å². The van der Waals surface area contributed by atoms with E-state index >= 15 is 0 Å². The molecule has 0 spiro atoms. The Morgan fingerprint density at radius 1 is 1.28 bits per heavy atom. The van der Waals surface area contributed by atoms with Crippen molar-refractivity contribution in [2.24, 2.45) is 0 Å². The van der Waals surface area contributed by atoms with Gasteiger partial charge in [0.05, 0.1) is 22.3 Å². The van der Waals surface area contributed by atoms with Crippen LogP contribution in [0.1, 0.15) is 23.0 Å². The Morgan fingerprint density at radius 3 is 2.96 bits per heavy atom. The maximum absolute atomic E-state index is 12.4. The molecule has 1 amide bonds. The van der Waals surface area contributed by atoms with Crippen LogP contribution in [0.2, 0.25) is 0 Å². The number of aromatic nitrogens is 1. The first kappa shape index (κ1) is 15.8. The normalized spacial score (nSPS) is 13.8. The molecule has 25 heavy (non-hydrogen) atoms. The molecule has 126 valence electrons. The summed E-state index contributed by atoms with van der Waals surface area (Å²) in [5, 5.41) is 14.4. The second kappa shape index (κ2) is 5.98. The Labute approximate surface area is 147 Å². The fourth-order valence-electron chi connectivity index (χ4n) is 2.69. The summed E-state index contributed by atoms with van der Waals surface area (Å²) < 4.78 is 6.67. The van der Waals surface area contributed by atoms with Crippen molar-refractivity contribution in [1.29, 1.82) is 0 Å². The van der Waals surface area contributed by atoms with Gasteiger partial charge >= 0.3 is 0 Å². The van der Waals surface area contributed by atoms with Crippen LogP contribution < -0.4 is 5.32 Å². The second-order valence-electron chi connectivity index (χ2n) is 6.14. The average Bonchev–Trinajstić information content (AvgIpc) is 3.25. The van der Waals surface area contributed by atoms with E-state index in [2.05, 4.69) is 10.3 Å². The zero-order valence-corrected chi connectivity index (χ0v) is 14.3. The first-order chi connectivity index (χ1) is 12.0. The van der Waals surface area contributed by atoms with Crippen LogP contribution in [0.25, 0.3) is 21.2 Å². The topological polar surface area (TPSA) is 75.4 Å². The Bertz CT molecular complexity index is 1030. The molecule has 0 saturated carbocycles. The van der Waals surface area contributed by atoms with E-state index in [4.69, 9.17) is 4.42 Å². The highest BCUT2D eigenvalue weighted by atomic mass is 32.1. The van der Waals surface area contributed by atoms with Crippen molar-refractivity contribution in [3.63, 3.8) is 0 Å². The van der Waals surface area contributed by atoms with Gasteiger partial charge in [-0.25, -0.2) is 4.98 Å². The highest BCUT2D eigenvalue weighted by Gasteiger charge is 2.28. The SMILES string of the molecule is CC(O)(CNC(=O)c1ccc2ncsc2c1)c1cc2ccccc2o1. The molecule has 0 fully saturated rings. The molecule has 2 aromatic heterocycles. The number of rotatable bonds is 4. The van der Waals surface area contributed by atoms with Crippen LogP contribution in [0.15, 0.2) is 58.5 Å². The van der Waals surface area contributed by atoms with Crippen LogP contribution in [-0.4, -0.2) is 22.5 Å². The standard InChI is InChI=1S/C19H16N2O3S/c1-19(23,17-9-12-4-2-3-5-15(12)24-17)10-20-18(22)13-6-7-14-16(8-13)25-11-21-14/h2-9,11,23H,10H2,1H3,(H,20,22). The predicted octanol–water partition coefficient (Wildman–Crippen LogP) is 3.68. The van der Waals surface area contributed by atoms with Crippen LogP contribution >= 0.6 is 11.3 Å². The largest absolute Gasteiger partial charge is 0.458 e. The summed E-state index contributed by atoms with van der Waals surface area (Å²) >= 11 is 1.49. The maximum atomic E-state index is 12.4. The van der Waals surface area contributed by atoms with Crippen LogP contribution in [0.5, 0.6) is 0 Å². The Morgan fingerprint density at radius 2 is 2.12 bits per heavy atom. The van der Waals surface area contributed by atoms with E-state index in [9.17, 15) is 9.90 Å². The third-order valence-electron chi connectivity index (χ3n) is 4.14. The number of aliphatic hydroxyl groups is 1. The second-order valence-corrected chi connectivity index (χ2v) is 7.03. The van der Waals surface area contributed by atoms with Crippen molar-refractivity contribution in [3.05, 3.63) is 65.4 Å². The molecule has 0 radical (unpaired) electrons. The summed E-state index contributed by atoms with van der Waals surface area (Å²) in [6.07, 6.45) is 0. The molecule has 2 heterocycles. The van der Waals surface area contributed by atoms with Crippen molar-refractivity contribution in [2.45, 2.75) is 12.5 Å². The minimum atomic E-state index is -1.30. The average molecular weight is 352 g/mol. The summed E-state index contributed by atoms with van der Waals surface area (Å²) in [4.78, 5) is 16.6. The van der Waals surface area contributed by atoms with Crippen molar-refractivity contribution in [1.82, 2.24) is 10.3 Å². The molecule has 1 unspecified atom stereocenters. The van der Waals surface area contributed by atoms with Crippen molar-refractivity contribution < 1.29 is 14.3 Å². The highest BCUT2D eigenvalue weighted by Crippen LogP contribution is 2.27. The van der Waals surface area contributed by atoms with E-state index in [1.807, 2.05) is 30.3 Å². The number of benzene rings is 2. The third-order valence-corrected chi connectivity index (χ3v) is 4.93. The minimum absolute atomic E-state index is 0.0480. The highest BCUT2D eigenvalue weighted by molar-refractivity contribution is 7.16. The van der Waals surface area contributed by atoms with Gasteiger partial charge in [0.25, 0.3) is 5.91 Å². The number of nitrogens with one attached hydrogen (secondary N) is 1. The summed E-state index contributed by atoms with van der Waals surface area (Å²) in [6, 6.07) is 14.7. The van der Waals surface area contributed by atoms with Gasteiger partial charge in [0.2, 0.25) is 0 Å². The minimum Gasteiger partial charge on any atom is -0.458 e. The number of hydrogen-bond acceptors (Lipinski definition) is 5. The number of furan rings is 1. The summed E-state index contributed by atoms with van der Waals surface area (Å²) in [5.41, 5.74) is 2.56. The molecule has 5 nitrogen and oxygen atoms in total. The zero-order chi connectivity index (χ0) is 17.4. The summed E-state index contributed by atoms with van der Waals surface area (Å²) in [5.74, 6) is 0.179. The number of para-hydroxylation sites is 1. The lowest BCUT2D eigenvalue weighted by molar-refractivity contribution is 0.0344. The molecule has 0 bridgehead atoms. The van der Waals surface area contributed by atoms with Gasteiger partial charge in [-0.2, -0.15) is 0 Å². The van der Waals surface area contributed by atoms with E-state index < -0.39 is 5.60 Å². The molecule has 2 aromatic carbocycles. The van der Waals surface area contributed by atoms with E-state index in [-0.39, 0.29) is 12.5 Å². The lowest BCUT2D eigenvalue weighted by Crippen LogP contribution is -2.38. The quantitative estimate of drug-likeness (QED) is 0.587. The number of nitrogens with zero attached hydrogens (tertiary/aromatic N) is 1. The van der Waals surface area contributed by atoms with Crippen LogP contribution in [-0.2, 0) is 5.60 Å². The fraction of sp³-hybridized carbons (Fsp3) is 0.158. The molecular formula is C19H16N2O3S. The molecule has 0 saturated heterocycles. The Kier molecular flexibility index (Phi) is 3.78. The van der Waals surface area contributed by atoms with Gasteiger partial charge in [0.15, 0.2) is 0 Å². The van der Waals surface area contributed by atoms with Gasteiger partial charge in [0.1, 0.15) is 16.9 Å². The number of carbonyl (C=O) groups excluding carboxylic acids is 1. The lowest BCUT2D eigenvalue weighted by atomic mass is 10.0. The molecule has 1 atom stereocenters. The number of fused-ring (bicyclic) bond motifs is 2. The number of hydrogen-bond donors (Lipinski definition) is 2. The summed E-state index contributed by atoms with van der Waals surface area (Å²) in [7, 11) is 0. The van der Waals surface area contributed by atoms with Gasteiger partial charge < -0.3 is 14.8 Å². The zero-order valence-electron chi connectivity index (χ0n) is 13.5. The van der Waals surface area contributed by atoms with Crippen molar-refractivity contribution >= 4 is 38.4 Å². The Balaban J connectivity index is 1.51. The Hall–Kier alpha value is -2.70. The van der Waals surface area contributed by atoms with Crippen LogP contribution in [0.4, 0.5) is 0 Å². The maximum Gasteiger partial charge on any atom is 0.251 e. The van der Waals surface area contributed by atoms with Gasteiger partial charge in [-0.3, -0.25) is 4.79 Å². The molecule has 6 heteroatoms. The van der Waals surface area contributed by atoms with E-state index in [1.165, 1.54) is 11.3 Å². The van der Waals surface area contributed by atoms with Gasteiger partial charge in [-0.1, -0.05) is 18.2 Å². The van der Waals surface area contributed by atoms with Crippen LogP contribution in [0.3, 0.4) is 0 Å². The van der Waals surface area contributed by atoms with Crippen molar-refractivity contribution in [2.75, 3.05) is 6.54 Å². The number of thiazole rings is 1. The molecule has 2 N–H and O–H groups in total. The van der Waals surface area contributed by atoms with Gasteiger partial charge in [0, 0.05) is 10.9 Å². The third kappa shape index (κ3) is 3.01. The molecule has 4 rings (SSSR count). The van der Waals surface area contributed by atoms with E-state index in [1.54, 1.807) is 30.6 Å². The van der Waals surface area contributed by atoms with E-state index in [0.717, 1.165) is 15.6 Å². The number of amides is 1. The lowest BCUT2D eigenvalue weighted by Gasteiger charge is -2.21. The first-order valence-corrected chi connectivity index (χ1v) is 8.74. The van der Waals surface area contributed by atoms with Crippen LogP contribution in [0, 0.1) is 0 Å². The fourth-order valence-corrected chi connectivity index (χ4v) is 3.40. The first-order valence-electron chi connectivity index (χ1n) is 7.86. The smallest absolute Gasteiger partial charge is 0.251 e. The molecule has 0 aliphatic heterocycles. The van der Waals surface area contributed by atoms with Gasteiger partial charge in [-0.15, -0.1) is 11.3 Å². The van der Waals surface area contributed by atoms with Gasteiger partial charge in [-0.05, 0) is 37.3 Å². The molecule has 0 aliphatic rings. The predicted molar refractivity (Wildman–Crippen MR) is 97.7 cm³/mol. The number of carbonyl (C=O) groups is 1. The molecular weight excluding hydrogens is 336 g/mol. The monoisotopic (exact) mass is 352 g/mol. The molecule has 4 aromatic rings. The summed E-state index contributed by atoms with van der Waals surface area (Å²) in [6.45, 7) is 1.67.